The van der Waals surface area contributed by atoms with Gasteiger partial charge in [0.05, 0.1) is 6.54 Å². The van der Waals surface area contributed by atoms with Gasteiger partial charge in [-0.1, -0.05) is 19.0 Å². The maximum Gasteiger partial charge on any atom is 0.255 e. The van der Waals surface area contributed by atoms with E-state index in [2.05, 4.69) is 10.5 Å². The first kappa shape index (κ1) is 14.6. The van der Waals surface area contributed by atoms with Crippen molar-refractivity contribution >= 4 is 11.7 Å². The van der Waals surface area contributed by atoms with Gasteiger partial charge in [0.1, 0.15) is 5.41 Å². The SMILES string of the molecule is CCC(CC)(C(=O)NCC(F)F)C(N)=NO. The van der Waals surface area contributed by atoms with E-state index in [4.69, 9.17) is 10.9 Å². The summed E-state index contributed by atoms with van der Waals surface area (Å²) in [6.45, 7) is 2.60. The van der Waals surface area contributed by atoms with Crippen LogP contribution in [0.5, 0.6) is 0 Å². The number of nitrogens with two attached hydrogens (primary N) is 1. The van der Waals surface area contributed by atoms with Crippen molar-refractivity contribution in [3.8, 4) is 0 Å². The minimum atomic E-state index is -2.62. The molecule has 0 aliphatic heterocycles. The Morgan fingerprint density at radius 3 is 2.31 bits per heavy atom. The third kappa shape index (κ3) is 3.04. The Balaban J connectivity index is 4.84. The lowest BCUT2D eigenvalue weighted by molar-refractivity contribution is -0.128. The molecule has 0 saturated heterocycles. The van der Waals surface area contributed by atoms with Crippen molar-refractivity contribution in [2.24, 2.45) is 16.3 Å². The normalized spacial score (nSPS) is 12.9. The van der Waals surface area contributed by atoms with Crippen LogP contribution in [-0.2, 0) is 4.79 Å². The molecule has 0 spiro atoms. The molecule has 4 N–H and O–H groups in total. The maximum absolute atomic E-state index is 11.9. The number of carbonyl (C=O) groups is 1. The highest BCUT2D eigenvalue weighted by atomic mass is 19.3. The van der Waals surface area contributed by atoms with Crippen LogP contribution in [0.15, 0.2) is 5.16 Å². The molecule has 0 fully saturated rings. The molecule has 0 aromatic rings. The van der Waals surface area contributed by atoms with Gasteiger partial charge in [0.15, 0.2) is 5.84 Å². The third-order valence-electron chi connectivity index (χ3n) is 2.66. The largest absolute Gasteiger partial charge is 0.409 e. The molecule has 0 aromatic carbocycles. The first-order chi connectivity index (χ1) is 7.44. The fourth-order valence-electron chi connectivity index (χ4n) is 1.48. The summed E-state index contributed by atoms with van der Waals surface area (Å²) in [5.74, 6) is -0.905. The molecule has 0 saturated carbocycles. The highest BCUT2D eigenvalue weighted by Crippen LogP contribution is 2.26. The molecule has 0 aliphatic rings. The topological polar surface area (TPSA) is 87.7 Å². The van der Waals surface area contributed by atoms with E-state index < -0.39 is 24.3 Å². The second-order valence-electron chi connectivity index (χ2n) is 3.38. The second-order valence-corrected chi connectivity index (χ2v) is 3.38. The highest BCUT2D eigenvalue weighted by Gasteiger charge is 2.39. The number of alkyl halides is 2. The molecule has 0 aromatic heterocycles. The predicted octanol–water partition coefficient (Wildman–Crippen LogP) is 0.921. The monoisotopic (exact) mass is 237 g/mol. The number of carbonyl (C=O) groups excluding carboxylic acids is 1. The Bertz CT molecular complexity index is 265. The number of amidine groups is 1. The summed E-state index contributed by atoms with van der Waals surface area (Å²) in [6, 6.07) is 0. The predicted molar refractivity (Wildman–Crippen MR) is 55.4 cm³/mol. The van der Waals surface area contributed by atoms with Gasteiger partial charge in [-0.3, -0.25) is 4.79 Å². The lowest BCUT2D eigenvalue weighted by Crippen LogP contribution is -2.50. The number of nitrogens with one attached hydrogen (secondary N) is 1. The lowest BCUT2D eigenvalue weighted by atomic mass is 9.80. The van der Waals surface area contributed by atoms with Crippen LogP contribution in [0, 0.1) is 5.41 Å². The summed E-state index contributed by atoms with van der Waals surface area (Å²) in [5.41, 5.74) is 4.21. The number of rotatable bonds is 6. The summed E-state index contributed by atoms with van der Waals surface area (Å²) >= 11 is 0. The molecule has 16 heavy (non-hydrogen) atoms. The molecule has 0 unspecified atom stereocenters. The van der Waals surface area contributed by atoms with Gasteiger partial charge in [-0.05, 0) is 12.8 Å². The quantitative estimate of drug-likeness (QED) is 0.278. The van der Waals surface area contributed by atoms with Gasteiger partial charge in [0.25, 0.3) is 6.43 Å². The Kier molecular flexibility index (Phi) is 5.69. The van der Waals surface area contributed by atoms with E-state index in [9.17, 15) is 13.6 Å². The zero-order valence-corrected chi connectivity index (χ0v) is 9.33. The number of hydrogen-bond acceptors (Lipinski definition) is 3. The molecule has 0 atom stereocenters. The third-order valence-corrected chi connectivity index (χ3v) is 2.66. The Morgan fingerprint density at radius 1 is 1.50 bits per heavy atom. The van der Waals surface area contributed by atoms with Crippen molar-refractivity contribution in [1.29, 1.82) is 0 Å². The molecular weight excluding hydrogens is 220 g/mol. The number of oxime groups is 1. The standard InChI is InChI=1S/C9H17F2N3O2/c1-3-9(4-2,7(12)14-16)8(15)13-5-6(10)11/h6,16H,3-5H2,1-2H3,(H2,12,14)(H,13,15). The minimum Gasteiger partial charge on any atom is -0.409 e. The molecule has 94 valence electrons. The summed E-state index contributed by atoms with van der Waals surface area (Å²) in [5, 5.41) is 13.5. The zero-order chi connectivity index (χ0) is 12.8. The number of nitrogens with zero attached hydrogens (tertiary/aromatic N) is 1. The van der Waals surface area contributed by atoms with Gasteiger partial charge in [-0.15, -0.1) is 0 Å². The van der Waals surface area contributed by atoms with E-state index in [-0.39, 0.29) is 18.7 Å². The van der Waals surface area contributed by atoms with Crippen LogP contribution in [0.25, 0.3) is 0 Å². The molecule has 5 nitrogen and oxygen atoms in total. The van der Waals surface area contributed by atoms with E-state index in [0.29, 0.717) is 0 Å². The van der Waals surface area contributed by atoms with Crippen LogP contribution < -0.4 is 11.1 Å². The van der Waals surface area contributed by atoms with E-state index in [1.54, 1.807) is 13.8 Å². The maximum atomic E-state index is 11.9. The van der Waals surface area contributed by atoms with Gasteiger partial charge in [0.2, 0.25) is 5.91 Å². The molecule has 0 rings (SSSR count). The van der Waals surface area contributed by atoms with Crippen molar-refractivity contribution in [2.45, 2.75) is 33.1 Å². The molecule has 0 aliphatic carbocycles. The summed E-state index contributed by atoms with van der Waals surface area (Å²) in [4.78, 5) is 11.7. The van der Waals surface area contributed by atoms with E-state index >= 15 is 0 Å². The first-order valence-electron chi connectivity index (χ1n) is 4.99. The summed E-state index contributed by atoms with van der Waals surface area (Å²) in [6.07, 6.45) is -2.08. The average Bonchev–Trinajstić information content (AvgIpc) is 2.28. The smallest absolute Gasteiger partial charge is 0.255 e. The fourth-order valence-corrected chi connectivity index (χ4v) is 1.48. The first-order valence-corrected chi connectivity index (χ1v) is 4.99. The molecule has 0 radical (unpaired) electrons. The van der Waals surface area contributed by atoms with E-state index in [1.165, 1.54) is 0 Å². The van der Waals surface area contributed by atoms with E-state index in [0.717, 1.165) is 0 Å². The van der Waals surface area contributed by atoms with Gasteiger partial charge in [-0.25, -0.2) is 8.78 Å². The van der Waals surface area contributed by atoms with Crippen LogP contribution >= 0.6 is 0 Å². The van der Waals surface area contributed by atoms with Crippen molar-refractivity contribution in [3.05, 3.63) is 0 Å². The van der Waals surface area contributed by atoms with E-state index in [1.807, 2.05) is 0 Å². The molecule has 1 amide bonds. The van der Waals surface area contributed by atoms with Gasteiger partial charge < -0.3 is 16.3 Å². The van der Waals surface area contributed by atoms with Crippen LogP contribution in [0.2, 0.25) is 0 Å². The highest BCUT2D eigenvalue weighted by molar-refractivity contribution is 6.06. The molecule has 0 heterocycles. The van der Waals surface area contributed by atoms with Gasteiger partial charge >= 0.3 is 0 Å². The van der Waals surface area contributed by atoms with Crippen LogP contribution in [0.3, 0.4) is 0 Å². The minimum absolute atomic E-state index is 0.260. The van der Waals surface area contributed by atoms with Crippen LogP contribution in [0.4, 0.5) is 8.78 Å². The summed E-state index contributed by atoms with van der Waals surface area (Å²) < 4.78 is 23.9. The summed E-state index contributed by atoms with van der Waals surface area (Å²) in [7, 11) is 0. The molecular formula is C9H17F2N3O2. The Hall–Kier alpha value is -1.40. The van der Waals surface area contributed by atoms with Crippen molar-refractivity contribution in [2.75, 3.05) is 6.54 Å². The van der Waals surface area contributed by atoms with Crippen LogP contribution in [-0.4, -0.2) is 29.9 Å². The zero-order valence-electron chi connectivity index (χ0n) is 9.33. The second kappa shape index (κ2) is 6.24. The average molecular weight is 237 g/mol. The number of halogens is 2. The van der Waals surface area contributed by atoms with Gasteiger partial charge in [0, 0.05) is 0 Å². The van der Waals surface area contributed by atoms with Crippen LogP contribution in [0.1, 0.15) is 26.7 Å². The van der Waals surface area contributed by atoms with Gasteiger partial charge in [-0.2, -0.15) is 0 Å². The lowest BCUT2D eigenvalue weighted by Gasteiger charge is -2.28. The van der Waals surface area contributed by atoms with Crippen molar-refractivity contribution in [1.82, 2.24) is 5.32 Å². The Morgan fingerprint density at radius 2 is 2.00 bits per heavy atom. The fraction of sp³-hybridized carbons (Fsp3) is 0.778. The number of amides is 1. The molecule has 7 heteroatoms. The number of hydrogen-bond donors (Lipinski definition) is 3. The molecule has 0 bridgehead atoms. The van der Waals surface area contributed by atoms with Crippen molar-refractivity contribution in [3.63, 3.8) is 0 Å². The Labute approximate surface area is 92.7 Å². The van der Waals surface area contributed by atoms with Crippen molar-refractivity contribution < 1.29 is 18.8 Å².